The molecule has 0 spiro atoms. The van der Waals surface area contributed by atoms with Gasteiger partial charge in [-0.25, -0.2) is 13.8 Å². The quantitative estimate of drug-likeness (QED) is 0.812. The fourth-order valence-electron chi connectivity index (χ4n) is 1.54. The number of carbonyl (C=O) groups excluding carboxylic acids is 1. The van der Waals surface area contributed by atoms with Crippen LogP contribution in [-0.2, 0) is 0 Å². The molecule has 2 rings (SSSR count). The van der Waals surface area contributed by atoms with Gasteiger partial charge >= 0.3 is 0 Å². The Bertz CT molecular complexity index is 647. The summed E-state index contributed by atoms with van der Waals surface area (Å²) in [4.78, 5) is 15.7. The average molecular weight is 284 g/mol. The van der Waals surface area contributed by atoms with E-state index in [2.05, 4.69) is 9.72 Å². The molecule has 98 valence electrons. The van der Waals surface area contributed by atoms with Gasteiger partial charge in [-0.1, -0.05) is 11.6 Å². The number of ketones is 1. The maximum absolute atomic E-state index is 13.9. The first-order chi connectivity index (χ1) is 9.04. The first kappa shape index (κ1) is 13.4. The van der Waals surface area contributed by atoms with Gasteiger partial charge in [0, 0.05) is 11.8 Å². The van der Waals surface area contributed by atoms with Crippen molar-refractivity contribution >= 4 is 17.4 Å². The summed E-state index contributed by atoms with van der Waals surface area (Å²) >= 11 is 5.52. The molecule has 0 bridgehead atoms. The number of aromatic nitrogens is 1. The van der Waals surface area contributed by atoms with Crippen molar-refractivity contribution < 1.29 is 18.3 Å². The second-order valence-electron chi connectivity index (χ2n) is 3.64. The number of pyridine rings is 1. The normalized spacial score (nSPS) is 10.3. The van der Waals surface area contributed by atoms with Crippen molar-refractivity contribution in [1.29, 1.82) is 0 Å². The molecule has 0 fully saturated rings. The van der Waals surface area contributed by atoms with Gasteiger partial charge in [-0.2, -0.15) is 0 Å². The SMILES string of the molecule is COc1nccc(C(=O)c2ccc(Cl)c(F)c2)c1F. The largest absolute Gasteiger partial charge is 0.479 e. The van der Waals surface area contributed by atoms with Crippen LogP contribution in [-0.4, -0.2) is 17.9 Å². The summed E-state index contributed by atoms with van der Waals surface area (Å²) in [5, 5.41) is -0.107. The lowest BCUT2D eigenvalue weighted by molar-refractivity contribution is 0.103. The van der Waals surface area contributed by atoms with E-state index in [-0.39, 0.29) is 22.0 Å². The van der Waals surface area contributed by atoms with Gasteiger partial charge in [0.1, 0.15) is 5.82 Å². The number of benzene rings is 1. The van der Waals surface area contributed by atoms with Gasteiger partial charge in [0.2, 0.25) is 0 Å². The first-order valence-corrected chi connectivity index (χ1v) is 5.60. The van der Waals surface area contributed by atoms with Gasteiger partial charge in [0.05, 0.1) is 17.7 Å². The van der Waals surface area contributed by atoms with Gasteiger partial charge < -0.3 is 4.74 Å². The van der Waals surface area contributed by atoms with Gasteiger partial charge in [-0.05, 0) is 24.3 Å². The Labute approximate surface area is 112 Å². The maximum atomic E-state index is 13.9. The van der Waals surface area contributed by atoms with Crippen LogP contribution in [0, 0.1) is 11.6 Å². The predicted octanol–water partition coefficient (Wildman–Crippen LogP) is 3.25. The molecule has 0 aliphatic heterocycles. The third-order valence-electron chi connectivity index (χ3n) is 2.48. The summed E-state index contributed by atoms with van der Waals surface area (Å²) in [5.74, 6) is -2.59. The van der Waals surface area contributed by atoms with Crippen LogP contribution in [0.4, 0.5) is 8.78 Å². The molecule has 0 N–H and O–H groups in total. The van der Waals surface area contributed by atoms with Crippen LogP contribution in [0.3, 0.4) is 0 Å². The van der Waals surface area contributed by atoms with Crippen molar-refractivity contribution in [2.75, 3.05) is 7.11 Å². The Balaban J connectivity index is 2.47. The lowest BCUT2D eigenvalue weighted by atomic mass is 10.0. The Morgan fingerprint density at radius 2 is 2.05 bits per heavy atom. The molecule has 0 saturated carbocycles. The molecule has 1 aromatic carbocycles. The second kappa shape index (κ2) is 5.32. The summed E-state index contributed by atoms with van der Waals surface area (Å²) in [7, 11) is 1.24. The highest BCUT2D eigenvalue weighted by atomic mass is 35.5. The van der Waals surface area contributed by atoms with Crippen LogP contribution in [0.5, 0.6) is 5.88 Å². The summed E-state index contributed by atoms with van der Waals surface area (Å²) in [6.45, 7) is 0. The van der Waals surface area contributed by atoms with Crippen LogP contribution in [0.2, 0.25) is 5.02 Å². The molecule has 1 heterocycles. The van der Waals surface area contributed by atoms with Crippen molar-refractivity contribution in [2.24, 2.45) is 0 Å². The minimum atomic E-state index is -0.884. The standard InChI is InChI=1S/C13H8ClF2NO2/c1-19-13-11(16)8(4-5-17-13)12(18)7-2-3-9(14)10(15)6-7/h2-6H,1H3. The van der Waals surface area contributed by atoms with Crippen molar-refractivity contribution in [3.63, 3.8) is 0 Å². The number of rotatable bonds is 3. The highest BCUT2D eigenvalue weighted by Gasteiger charge is 2.19. The molecular formula is C13H8ClF2NO2. The minimum absolute atomic E-state index is 0.00551. The van der Waals surface area contributed by atoms with Crippen LogP contribution in [0.25, 0.3) is 0 Å². The number of ether oxygens (including phenoxy) is 1. The molecule has 6 heteroatoms. The molecule has 19 heavy (non-hydrogen) atoms. The van der Waals surface area contributed by atoms with E-state index < -0.39 is 17.4 Å². The minimum Gasteiger partial charge on any atom is -0.479 e. The smallest absolute Gasteiger partial charge is 0.250 e. The third-order valence-corrected chi connectivity index (χ3v) is 2.78. The van der Waals surface area contributed by atoms with Gasteiger partial charge in [0.25, 0.3) is 5.88 Å². The van der Waals surface area contributed by atoms with E-state index in [0.29, 0.717) is 0 Å². The molecule has 0 atom stereocenters. The molecule has 2 aromatic rings. The molecule has 0 amide bonds. The zero-order valence-electron chi connectivity index (χ0n) is 9.78. The number of hydrogen-bond acceptors (Lipinski definition) is 3. The highest BCUT2D eigenvalue weighted by molar-refractivity contribution is 6.30. The Morgan fingerprint density at radius 3 is 2.68 bits per heavy atom. The van der Waals surface area contributed by atoms with Crippen LogP contribution in [0.15, 0.2) is 30.5 Å². The second-order valence-corrected chi connectivity index (χ2v) is 4.05. The Kier molecular flexibility index (Phi) is 3.76. The van der Waals surface area contributed by atoms with Gasteiger partial charge in [-0.15, -0.1) is 0 Å². The van der Waals surface area contributed by atoms with Crippen LogP contribution >= 0.6 is 11.6 Å². The molecule has 0 aliphatic rings. The maximum Gasteiger partial charge on any atom is 0.250 e. The number of hydrogen-bond donors (Lipinski definition) is 0. The van der Waals surface area contributed by atoms with Crippen LogP contribution < -0.4 is 4.74 Å². The predicted molar refractivity (Wildman–Crippen MR) is 65.6 cm³/mol. The summed E-state index contributed by atoms with van der Waals surface area (Å²) in [6, 6.07) is 4.71. The van der Waals surface area contributed by atoms with E-state index in [4.69, 9.17) is 11.6 Å². The fourth-order valence-corrected chi connectivity index (χ4v) is 1.65. The van der Waals surface area contributed by atoms with E-state index in [1.54, 1.807) is 0 Å². The van der Waals surface area contributed by atoms with E-state index in [9.17, 15) is 13.6 Å². The Morgan fingerprint density at radius 1 is 1.32 bits per heavy atom. The van der Waals surface area contributed by atoms with E-state index in [1.165, 1.54) is 31.5 Å². The molecule has 1 aromatic heterocycles. The van der Waals surface area contributed by atoms with Crippen molar-refractivity contribution in [3.8, 4) is 5.88 Å². The van der Waals surface area contributed by atoms with Crippen LogP contribution in [0.1, 0.15) is 15.9 Å². The monoisotopic (exact) mass is 283 g/mol. The lowest BCUT2D eigenvalue weighted by Gasteiger charge is -2.06. The van der Waals surface area contributed by atoms with Crippen molar-refractivity contribution in [1.82, 2.24) is 4.98 Å². The highest BCUT2D eigenvalue weighted by Crippen LogP contribution is 2.22. The molecular weight excluding hydrogens is 276 g/mol. The Hall–Kier alpha value is -2.01. The number of carbonyl (C=O) groups is 1. The third kappa shape index (κ3) is 2.56. The molecule has 0 saturated heterocycles. The van der Waals surface area contributed by atoms with Crippen molar-refractivity contribution in [2.45, 2.75) is 0 Å². The first-order valence-electron chi connectivity index (χ1n) is 5.23. The number of halogens is 3. The van der Waals surface area contributed by atoms with E-state index >= 15 is 0 Å². The van der Waals surface area contributed by atoms with Crippen molar-refractivity contribution in [3.05, 3.63) is 58.2 Å². The summed E-state index contributed by atoms with van der Waals surface area (Å²) in [5.41, 5.74) is -0.248. The lowest BCUT2D eigenvalue weighted by Crippen LogP contribution is -2.07. The van der Waals surface area contributed by atoms with E-state index in [1.807, 2.05) is 0 Å². The summed E-state index contributed by atoms with van der Waals surface area (Å²) < 4.78 is 31.8. The summed E-state index contributed by atoms with van der Waals surface area (Å²) in [6.07, 6.45) is 1.24. The molecule has 0 aliphatic carbocycles. The van der Waals surface area contributed by atoms with Gasteiger partial charge in [0.15, 0.2) is 11.6 Å². The topological polar surface area (TPSA) is 39.2 Å². The average Bonchev–Trinajstić information content (AvgIpc) is 2.41. The van der Waals surface area contributed by atoms with E-state index in [0.717, 1.165) is 6.07 Å². The zero-order chi connectivity index (χ0) is 14.0. The zero-order valence-corrected chi connectivity index (χ0v) is 10.5. The molecule has 3 nitrogen and oxygen atoms in total. The fraction of sp³-hybridized carbons (Fsp3) is 0.0769. The molecule has 0 radical (unpaired) electrons. The van der Waals surface area contributed by atoms with Gasteiger partial charge in [-0.3, -0.25) is 4.79 Å². The number of nitrogens with zero attached hydrogens (tertiary/aromatic N) is 1. The number of methoxy groups -OCH3 is 1. The molecule has 0 unspecified atom stereocenters.